The molecule has 0 aromatic heterocycles. The van der Waals surface area contributed by atoms with Gasteiger partial charge in [-0.1, -0.05) is 41.9 Å². The molecule has 0 unspecified atom stereocenters. The van der Waals surface area contributed by atoms with Gasteiger partial charge >= 0.3 is 0 Å². The Kier molecular flexibility index (Phi) is 5.43. The molecule has 1 N–H and O–H groups in total. The molecular formula is C16H25BrN2. The minimum atomic E-state index is 0.531. The fourth-order valence-electron chi connectivity index (χ4n) is 2.25. The van der Waals surface area contributed by atoms with Crippen molar-refractivity contribution >= 4 is 15.9 Å². The Bertz CT molecular complexity index is 413. The van der Waals surface area contributed by atoms with E-state index in [4.69, 9.17) is 0 Å². The molecule has 1 saturated carbocycles. The van der Waals surface area contributed by atoms with E-state index in [0.717, 1.165) is 19.0 Å². The van der Waals surface area contributed by atoms with E-state index in [1.54, 1.807) is 0 Å². The van der Waals surface area contributed by atoms with Gasteiger partial charge < -0.3 is 10.2 Å². The lowest BCUT2D eigenvalue weighted by Gasteiger charge is -2.18. The molecule has 0 saturated heterocycles. The van der Waals surface area contributed by atoms with Gasteiger partial charge in [-0.3, -0.25) is 0 Å². The Labute approximate surface area is 125 Å². The summed E-state index contributed by atoms with van der Waals surface area (Å²) in [6.45, 7) is 7.57. The Morgan fingerprint density at radius 2 is 2.11 bits per heavy atom. The van der Waals surface area contributed by atoms with Crippen LogP contribution in [0.15, 0.2) is 22.7 Å². The summed E-state index contributed by atoms with van der Waals surface area (Å²) < 4.78 is 1.23. The Morgan fingerprint density at radius 1 is 1.37 bits per heavy atom. The van der Waals surface area contributed by atoms with E-state index < -0.39 is 0 Å². The summed E-state index contributed by atoms with van der Waals surface area (Å²) in [5, 5.41) is 3.45. The lowest BCUT2D eigenvalue weighted by atomic mass is 10.1. The van der Waals surface area contributed by atoms with Gasteiger partial charge in [0.1, 0.15) is 0 Å². The highest BCUT2D eigenvalue weighted by Crippen LogP contribution is 2.30. The lowest BCUT2D eigenvalue weighted by Crippen LogP contribution is -2.22. The van der Waals surface area contributed by atoms with Crippen molar-refractivity contribution < 1.29 is 0 Å². The van der Waals surface area contributed by atoms with E-state index in [-0.39, 0.29) is 0 Å². The molecule has 0 aliphatic heterocycles. The fraction of sp³-hybridized carbons (Fsp3) is 0.625. The summed E-state index contributed by atoms with van der Waals surface area (Å²) >= 11 is 3.71. The van der Waals surface area contributed by atoms with Crippen LogP contribution >= 0.6 is 15.9 Å². The van der Waals surface area contributed by atoms with Crippen LogP contribution in [0.5, 0.6) is 0 Å². The zero-order valence-electron chi connectivity index (χ0n) is 12.2. The second-order valence-electron chi connectivity index (χ2n) is 6.10. The van der Waals surface area contributed by atoms with Gasteiger partial charge in [-0.25, -0.2) is 0 Å². The second-order valence-corrected chi connectivity index (χ2v) is 6.96. The normalized spacial score (nSPS) is 15.5. The molecule has 0 heterocycles. The summed E-state index contributed by atoms with van der Waals surface area (Å²) in [5.74, 6) is 0.957. The van der Waals surface area contributed by atoms with Crippen molar-refractivity contribution in [2.75, 3.05) is 13.6 Å². The van der Waals surface area contributed by atoms with E-state index in [2.05, 4.69) is 65.2 Å². The number of hydrogen-bond acceptors (Lipinski definition) is 2. The van der Waals surface area contributed by atoms with Crippen molar-refractivity contribution in [3.63, 3.8) is 0 Å². The number of rotatable bonds is 7. The van der Waals surface area contributed by atoms with Crippen LogP contribution in [0.25, 0.3) is 0 Å². The average molecular weight is 325 g/mol. The first-order chi connectivity index (χ1) is 9.04. The Hall–Kier alpha value is -0.380. The maximum atomic E-state index is 3.71. The molecule has 0 amide bonds. The third kappa shape index (κ3) is 5.25. The van der Waals surface area contributed by atoms with Crippen molar-refractivity contribution in [2.45, 2.75) is 45.8 Å². The number of nitrogens with one attached hydrogen (secondary N) is 1. The largest absolute Gasteiger partial charge is 0.310 e. The Balaban J connectivity index is 1.90. The van der Waals surface area contributed by atoms with Gasteiger partial charge in [0.05, 0.1) is 0 Å². The van der Waals surface area contributed by atoms with Crippen molar-refractivity contribution in [3.05, 3.63) is 33.8 Å². The first kappa shape index (κ1) is 15.0. The number of nitrogens with zero attached hydrogens (tertiary/aromatic N) is 1. The molecule has 0 spiro atoms. The molecule has 1 aliphatic rings. The molecule has 106 valence electrons. The van der Waals surface area contributed by atoms with E-state index in [1.807, 2.05) is 0 Å². The second kappa shape index (κ2) is 6.87. The molecule has 19 heavy (non-hydrogen) atoms. The molecule has 2 rings (SSSR count). The number of hydrogen-bond donors (Lipinski definition) is 1. The Morgan fingerprint density at radius 3 is 2.68 bits per heavy atom. The summed E-state index contributed by atoms with van der Waals surface area (Å²) in [4.78, 5) is 2.43. The maximum absolute atomic E-state index is 3.71. The van der Waals surface area contributed by atoms with Crippen molar-refractivity contribution in [1.82, 2.24) is 10.2 Å². The van der Waals surface area contributed by atoms with Crippen LogP contribution in [-0.2, 0) is 13.1 Å². The quantitative estimate of drug-likeness (QED) is 0.820. The molecule has 0 bridgehead atoms. The van der Waals surface area contributed by atoms with E-state index in [1.165, 1.54) is 35.0 Å². The van der Waals surface area contributed by atoms with Crippen LogP contribution in [-0.4, -0.2) is 24.5 Å². The lowest BCUT2D eigenvalue weighted by molar-refractivity contribution is 0.312. The van der Waals surface area contributed by atoms with Crippen LogP contribution in [0, 0.1) is 5.92 Å². The first-order valence-corrected chi connectivity index (χ1v) is 8.03. The molecule has 2 nitrogen and oxygen atoms in total. The van der Waals surface area contributed by atoms with E-state index in [9.17, 15) is 0 Å². The molecule has 0 atom stereocenters. The third-order valence-corrected chi connectivity index (χ3v) is 4.28. The highest BCUT2D eigenvalue weighted by molar-refractivity contribution is 9.10. The summed E-state index contributed by atoms with van der Waals surface area (Å²) in [6.07, 6.45) is 2.84. The van der Waals surface area contributed by atoms with Crippen molar-refractivity contribution in [3.8, 4) is 0 Å². The average Bonchev–Trinajstić information content (AvgIpc) is 3.13. The van der Waals surface area contributed by atoms with Crippen molar-refractivity contribution in [2.24, 2.45) is 5.92 Å². The van der Waals surface area contributed by atoms with E-state index >= 15 is 0 Å². The van der Waals surface area contributed by atoms with E-state index in [0.29, 0.717) is 6.04 Å². The monoisotopic (exact) mass is 324 g/mol. The van der Waals surface area contributed by atoms with Crippen molar-refractivity contribution in [1.29, 1.82) is 0 Å². The highest BCUT2D eigenvalue weighted by Gasteiger charge is 2.22. The predicted molar refractivity (Wildman–Crippen MR) is 85.2 cm³/mol. The first-order valence-electron chi connectivity index (χ1n) is 7.24. The molecule has 1 aromatic carbocycles. The van der Waals surface area contributed by atoms with Crippen LogP contribution in [0.4, 0.5) is 0 Å². The molecule has 0 radical (unpaired) electrons. The predicted octanol–water partition coefficient (Wildman–Crippen LogP) is 3.79. The van der Waals surface area contributed by atoms with Gasteiger partial charge in [-0.2, -0.15) is 0 Å². The molecule has 3 heteroatoms. The summed E-state index contributed by atoms with van der Waals surface area (Å²) in [7, 11) is 2.22. The van der Waals surface area contributed by atoms with Gasteiger partial charge in [-0.15, -0.1) is 0 Å². The maximum Gasteiger partial charge on any atom is 0.0242 e. The van der Waals surface area contributed by atoms with Gasteiger partial charge in [0.25, 0.3) is 0 Å². The smallest absolute Gasteiger partial charge is 0.0242 e. The summed E-state index contributed by atoms with van der Waals surface area (Å²) in [6, 6.07) is 7.27. The topological polar surface area (TPSA) is 15.3 Å². The van der Waals surface area contributed by atoms with Gasteiger partial charge in [0.2, 0.25) is 0 Å². The van der Waals surface area contributed by atoms with Gasteiger partial charge in [0.15, 0.2) is 0 Å². The zero-order valence-corrected chi connectivity index (χ0v) is 13.8. The minimum absolute atomic E-state index is 0.531. The SMILES string of the molecule is CC(C)NCc1ccc(CN(C)CC2CC2)c(Br)c1. The van der Waals surface area contributed by atoms with Crippen LogP contribution < -0.4 is 5.32 Å². The zero-order chi connectivity index (χ0) is 13.8. The van der Waals surface area contributed by atoms with Gasteiger partial charge in [0, 0.05) is 30.1 Å². The number of halogens is 1. The molecule has 1 aliphatic carbocycles. The third-order valence-electron chi connectivity index (χ3n) is 3.54. The standard InChI is InChI=1S/C16H25BrN2/c1-12(2)18-9-14-6-7-15(16(17)8-14)11-19(3)10-13-4-5-13/h6-8,12-13,18H,4-5,9-11H2,1-3H3. The molecular weight excluding hydrogens is 300 g/mol. The van der Waals surface area contributed by atoms with Crippen LogP contribution in [0.2, 0.25) is 0 Å². The fourth-order valence-corrected chi connectivity index (χ4v) is 2.80. The highest BCUT2D eigenvalue weighted by atomic mass is 79.9. The molecule has 1 fully saturated rings. The summed E-state index contributed by atoms with van der Waals surface area (Å²) in [5.41, 5.74) is 2.73. The van der Waals surface area contributed by atoms with Crippen LogP contribution in [0.1, 0.15) is 37.8 Å². The minimum Gasteiger partial charge on any atom is -0.310 e. The van der Waals surface area contributed by atoms with Crippen LogP contribution in [0.3, 0.4) is 0 Å². The van der Waals surface area contributed by atoms with Gasteiger partial charge in [-0.05, 0) is 43.0 Å². The number of benzene rings is 1. The molecule has 1 aromatic rings.